The van der Waals surface area contributed by atoms with Crippen molar-refractivity contribution in [2.24, 2.45) is 0 Å². The minimum atomic E-state index is 0.102. The SMILES string of the molecule is O=C1c2cscc2/C(=C2/c3cscc3C(=O)c3ccsc32)c2sccc21. The molecular weight excluding hydrogens is 400 g/mol. The summed E-state index contributed by atoms with van der Waals surface area (Å²) in [4.78, 5) is 27.7. The lowest BCUT2D eigenvalue weighted by molar-refractivity contribution is 0.103. The number of thiophene rings is 4. The Balaban J connectivity index is 1.81. The summed E-state index contributed by atoms with van der Waals surface area (Å²) in [6.45, 7) is 0. The van der Waals surface area contributed by atoms with E-state index in [2.05, 4.69) is 10.8 Å². The maximum atomic E-state index is 12.8. The van der Waals surface area contributed by atoms with Crippen molar-refractivity contribution in [2.75, 3.05) is 0 Å². The van der Waals surface area contributed by atoms with Crippen LogP contribution in [0.1, 0.15) is 52.7 Å². The second kappa shape index (κ2) is 5.20. The number of hydrogen-bond acceptors (Lipinski definition) is 6. The van der Waals surface area contributed by atoms with Gasteiger partial charge in [-0.05, 0) is 33.7 Å². The van der Waals surface area contributed by atoms with Crippen LogP contribution in [0.15, 0.2) is 44.4 Å². The molecule has 0 fully saturated rings. The third-order valence-corrected chi connectivity index (χ3v) is 8.23. The van der Waals surface area contributed by atoms with Crippen LogP contribution in [-0.2, 0) is 0 Å². The van der Waals surface area contributed by atoms with Crippen molar-refractivity contribution in [3.8, 4) is 0 Å². The van der Waals surface area contributed by atoms with Crippen molar-refractivity contribution < 1.29 is 9.59 Å². The van der Waals surface area contributed by atoms with Gasteiger partial charge in [-0.2, -0.15) is 22.7 Å². The molecule has 2 aliphatic carbocycles. The van der Waals surface area contributed by atoms with Gasteiger partial charge in [-0.15, -0.1) is 22.7 Å². The monoisotopic (exact) mass is 408 g/mol. The zero-order valence-corrected chi connectivity index (χ0v) is 16.3. The largest absolute Gasteiger partial charge is 0.289 e. The zero-order valence-electron chi connectivity index (χ0n) is 13.1. The van der Waals surface area contributed by atoms with Gasteiger partial charge in [-0.3, -0.25) is 9.59 Å². The van der Waals surface area contributed by atoms with Crippen molar-refractivity contribution in [3.63, 3.8) is 0 Å². The molecule has 2 aliphatic rings. The molecule has 0 aromatic carbocycles. The molecule has 0 saturated carbocycles. The molecule has 0 spiro atoms. The van der Waals surface area contributed by atoms with Crippen molar-refractivity contribution >= 4 is 68.1 Å². The second-order valence-electron chi connectivity index (χ2n) is 6.13. The topological polar surface area (TPSA) is 34.1 Å². The molecule has 0 saturated heterocycles. The van der Waals surface area contributed by atoms with Crippen LogP contribution in [0.5, 0.6) is 0 Å². The van der Waals surface area contributed by atoms with Crippen LogP contribution in [0.2, 0.25) is 0 Å². The summed E-state index contributed by atoms with van der Waals surface area (Å²) < 4.78 is 0. The van der Waals surface area contributed by atoms with Crippen molar-refractivity contribution in [3.05, 3.63) is 87.5 Å². The minimum Gasteiger partial charge on any atom is -0.289 e. The number of rotatable bonds is 0. The predicted octanol–water partition coefficient (Wildman–Crippen LogP) is 6.03. The summed E-state index contributed by atoms with van der Waals surface area (Å²) in [6, 6.07) is 3.84. The maximum absolute atomic E-state index is 12.8. The quantitative estimate of drug-likeness (QED) is 0.308. The molecule has 6 rings (SSSR count). The molecule has 0 radical (unpaired) electrons. The molecule has 124 valence electrons. The van der Waals surface area contributed by atoms with E-state index in [0.29, 0.717) is 0 Å². The van der Waals surface area contributed by atoms with Crippen LogP contribution in [0.4, 0.5) is 0 Å². The van der Waals surface area contributed by atoms with Crippen LogP contribution < -0.4 is 0 Å². The smallest absolute Gasteiger partial charge is 0.195 e. The summed E-state index contributed by atoms with van der Waals surface area (Å²) in [5.41, 5.74) is 7.28. The van der Waals surface area contributed by atoms with Gasteiger partial charge in [-0.25, -0.2) is 0 Å². The average Bonchev–Trinajstić information content (AvgIpc) is 3.43. The number of hydrogen-bond donors (Lipinski definition) is 0. The molecule has 0 bridgehead atoms. The number of ketones is 2. The standard InChI is InChI=1S/C20H8O2S4/c21-17-9-1-3-25-19(9)15(11-5-23-7-13(11)17)16-12-6-24-8-14(12)18(22)10-2-4-26-20(10)16/h1-8H/b16-15+. The first-order valence-electron chi connectivity index (χ1n) is 7.88. The van der Waals surface area contributed by atoms with Crippen LogP contribution in [-0.4, -0.2) is 11.6 Å². The normalized spacial score (nSPS) is 17.7. The van der Waals surface area contributed by atoms with Crippen molar-refractivity contribution in [1.29, 1.82) is 0 Å². The molecule has 6 heteroatoms. The predicted molar refractivity (Wildman–Crippen MR) is 109 cm³/mol. The Morgan fingerprint density at radius 3 is 1.42 bits per heavy atom. The van der Waals surface area contributed by atoms with E-state index in [1.165, 1.54) is 0 Å². The van der Waals surface area contributed by atoms with E-state index in [0.717, 1.165) is 54.3 Å². The summed E-state index contributed by atoms with van der Waals surface area (Å²) in [5, 5.41) is 12.0. The van der Waals surface area contributed by atoms with E-state index in [4.69, 9.17) is 0 Å². The molecule has 0 unspecified atom stereocenters. The highest BCUT2D eigenvalue weighted by molar-refractivity contribution is 7.13. The fraction of sp³-hybridized carbons (Fsp3) is 0. The summed E-state index contributed by atoms with van der Waals surface area (Å²) in [6.07, 6.45) is 0. The van der Waals surface area contributed by atoms with Gasteiger partial charge in [0.05, 0.1) is 0 Å². The third-order valence-electron chi connectivity index (χ3n) is 4.88. The number of carbonyl (C=O) groups excluding carboxylic acids is 2. The van der Waals surface area contributed by atoms with E-state index < -0.39 is 0 Å². The van der Waals surface area contributed by atoms with Gasteiger partial charge in [0.25, 0.3) is 0 Å². The van der Waals surface area contributed by atoms with E-state index in [1.807, 2.05) is 33.7 Å². The Labute approximate surface area is 164 Å². The van der Waals surface area contributed by atoms with Crippen LogP contribution in [0, 0.1) is 0 Å². The highest BCUT2D eigenvalue weighted by atomic mass is 32.1. The lowest BCUT2D eigenvalue weighted by Gasteiger charge is -2.23. The van der Waals surface area contributed by atoms with Gasteiger partial charge in [0, 0.05) is 65.0 Å². The summed E-state index contributed by atoms with van der Waals surface area (Å²) in [5.74, 6) is 0.205. The van der Waals surface area contributed by atoms with Gasteiger partial charge in [0.15, 0.2) is 11.6 Å². The minimum absolute atomic E-state index is 0.102. The zero-order chi connectivity index (χ0) is 17.4. The van der Waals surface area contributed by atoms with E-state index in [1.54, 1.807) is 45.3 Å². The van der Waals surface area contributed by atoms with Gasteiger partial charge >= 0.3 is 0 Å². The first-order chi connectivity index (χ1) is 12.8. The van der Waals surface area contributed by atoms with Gasteiger partial charge in [0.2, 0.25) is 0 Å². The van der Waals surface area contributed by atoms with Crippen LogP contribution in [0.3, 0.4) is 0 Å². The molecule has 0 aliphatic heterocycles. The molecule has 0 atom stereocenters. The average molecular weight is 409 g/mol. The first-order valence-corrected chi connectivity index (χ1v) is 11.5. The highest BCUT2D eigenvalue weighted by Crippen LogP contribution is 2.50. The van der Waals surface area contributed by atoms with E-state index >= 15 is 0 Å². The number of carbonyl (C=O) groups is 2. The molecule has 0 N–H and O–H groups in total. The van der Waals surface area contributed by atoms with Gasteiger partial charge in [-0.1, -0.05) is 0 Å². The third kappa shape index (κ3) is 1.75. The molecule has 2 nitrogen and oxygen atoms in total. The van der Waals surface area contributed by atoms with Gasteiger partial charge < -0.3 is 0 Å². The molecule has 26 heavy (non-hydrogen) atoms. The van der Waals surface area contributed by atoms with Crippen LogP contribution in [0.25, 0.3) is 11.1 Å². The van der Waals surface area contributed by atoms with E-state index in [9.17, 15) is 9.59 Å². The maximum Gasteiger partial charge on any atom is 0.195 e. The molecular formula is C20H8O2S4. The fourth-order valence-electron chi connectivity index (χ4n) is 3.73. The fourth-order valence-corrected chi connectivity index (χ4v) is 7.28. The Bertz CT molecular complexity index is 1080. The number of fused-ring (bicyclic) bond motifs is 4. The highest BCUT2D eigenvalue weighted by Gasteiger charge is 2.36. The molecule has 4 heterocycles. The Morgan fingerprint density at radius 1 is 0.538 bits per heavy atom. The Morgan fingerprint density at radius 2 is 0.962 bits per heavy atom. The van der Waals surface area contributed by atoms with Gasteiger partial charge in [0.1, 0.15) is 0 Å². The first kappa shape index (κ1) is 15.0. The lowest BCUT2D eigenvalue weighted by Crippen LogP contribution is -2.15. The summed E-state index contributed by atoms with van der Waals surface area (Å²) >= 11 is 6.32. The molecule has 0 amide bonds. The molecule has 4 aromatic heterocycles. The Hall–Kier alpha value is -2.12. The van der Waals surface area contributed by atoms with E-state index in [-0.39, 0.29) is 11.6 Å². The molecule has 4 aromatic rings. The Kier molecular flexibility index (Phi) is 3.00. The van der Waals surface area contributed by atoms with Crippen molar-refractivity contribution in [1.82, 2.24) is 0 Å². The summed E-state index contributed by atoms with van der Waals surface area (Å²) in [7, 11) is 0. The second-order valence-corrected chi connectivity index (χ2v) is 9.45. The lowest BCUT2D eigenvalue weighted by atomic mass is 9.80. The van der Waals surface area contributed by atoms with Crippen molar-refractivity contribution in [2.45, 2.75) is 0 Å². The van der Waals surface area contributed by atoms with Crippen LogP contribution >= 0.6 is 45.3 Å².